The summed E-state index contributed by atoms with van der Waals surface area (Å²) in [4.78, 5) is 3.52. The molecule has 0 spiro atoms. The van der Waals surface area contributed by atoms with Crippen molar-refractivity contribution in [1.82, 2.24) is 0 Å². The highest BCUT2D eigenvalue weighted by atomic mass is 14.8. The first kappa shape index (κ1) is 9.59. The van der Waals surface area contributed by atoms with Crippen LogP contribution in [0.3, 0.4) is 0 Å². The molecule has 3 rings (SSSR count). The molecule has 2 atom stereocenters. The maximum Gasteiger partial charge on any atom is 0.175 e. The molecule has 0 saturated carbocycles. The molecule has 80 valence electrons. The van der Waals surface area contributed by atoms with Crippen LogP contribution in [0.5, 0.6) is 0 Å². The third-order valence-corrected chi connectivity index (χ3v) is 3.48. The lowest BCUT2D eigenvalue weighted by molar-refractivity contribution is -0.492. The third-order valence-electron chi connectivity index (χ3n) is 3.48. The van der Waals surface area contributed by atoms with Crippen molar-refractivity contribution in [1.29, 1.82) is 0 Å². The molecule has 2 unspecified atom stereocenters. The van der Waals surface area contributed by atoms with Gasteiger partial charge in [0, 0.05) is 11.5 Å². The van der Waals surface area contributed by atoms with Crippen molar-refractivity contribution in [2.24, 2.45) is 5.92 Å². The predicted molar refractivity (Wildman–Crippen MR) is 66.4 cm³/mol. The van der Waals surface area contributed by atoms with Gasteiger partial charge in [0.1, 0.15) is 0 Å². The SMILES string of the molecule is C1=CC2CCc3ccccc3C=[NH+]C2C=C1. The van der Waals surface area contributed by atoms with E-state index in [0.29, 0.717) is 12.0 Å². The van der Waals surface area contributed by atoms with Crippen LogP contribution in [0.25, 0.3) is 0 Å². The Morgan fingerprint density at radius 1 is 1.06 bits per heavy atom. The minimum atomic E-state index is 0.471. The molecule has 0 bridgehead atoms. The van der Waals surface area contributed by atoms with Crippen molar-refractivity contribution >= 4 is 6.21 Å². The summed E-state index contributed by atoms with van der Waals surface area (Å²) in [7, 11) is 0. The highest BCUT2D eigenvalue weighted by Gasteiger charge is 2.23. The summed E-state index contributed by atoms with van der Waals surface area (Å²) >= 11 is 0. The van der Waals surface area contributed by atoms with Gasteiger partial charge in [-0.3, -0.25) is 0 Å². The van der Waals surface area contributed by atoms with Crippen LogP contribution >= 0.6 is 0 Å². The van der Waals surface area contributed by atoms with Crippen LogP contribution in [-0.2, 0) is 6.42 Å². The summed E-state index contributed by atoms with van der Waals surface area (Å²) in [6.07, 6.45) is 13.4. The van der Waals surface area contributed by atoms with E-state index in [9.17, 15) is 0 Å². The summed E-state index contributed by atoms with van der Waals surface area (Å²) in [5.41, 5.74) is 2.79. The minimum Gasteiger partial charge on any atom is -0.241 e. The smallest absolute Gasteiger partial charge is 0.175 e. The fourth-order valence-corrected chi connectivity index (χ4v) is 2.52. The van der Waals surface area contributed by atoms with Gasteiger partial charge in [0.25, 0.3) is 0 Å². The lowest BCUT2D eigenvalue weighted by Crippen LogP contribution is -2.78. The second-order valence-electron chi connectivity index (χ2n) is 4.51. The van der Waals surface area contributed by atoms with Crippen LogP contribution in [0.15, 0.2) is 48.6 Å². The Morgan fingerprint density at radius 3 is 2.94 bits per heavy atom. The molecular weight excluding hydrogens is 194 g/mol. The zero-order valence-electron chi connectivity index (χ0n) is 9.27. The molecular formula is C15H16N+. The summed E-state index contributed by atoms with van der Waals surface area (Å²) in [5.74, 6) is 0.634. The molecule has 1 N–H and O–H groups in total. The van der Waals surface area contributed by atoms with Crippen LogP contribution in [0.2, 0.25) is 0 Å². The molecule has 1 aliphatic carbocycles. The summed E-state index contributed by atoms with van der Waals surface area (Å²) in [5, 5.41) is 0. The lowest BCUT2D eigenvalue weighted by Gasteiger charge is -2.19. The Balaban J connectivity index is 1.97. The summed E-state index contributed by atoms with van der Waals surface area (Å²) < 4.78 is 0. The summed E-state index contributed by atoms with van der Waals surface area (Å²) in [6.45, 7) is 0. The van der Waals surface area contributed by atoms with Crippen molar-refractivity contribution in [3.05, 3.63) is 59.7 Å². The number of benzene rings is 1. The molecule has 0 radical (unpaired) electrons. The number of fused-ring (bicyclic) bond motifs is 2. The van der Waals surface area contributed by atoms with E-state index in [1.54, 1.807) is 0 Å². The number of rotatable bonds is 0. The zero-order chi connectivity index (χ0) is 10.8. The average Bonchev–Trinajstić information content (AvgIpc) is 2.32. The van der Waals surface area contributed by atoms with E-state index in [4.69, 9.17) is 0 Å². The first-order chi connectivity index (χ1) is 7.93. The van der Waals surface area contributed by atoms with Crippen molar-refractivity contribution < 1.29 is 4.99 Å². The standard InChI is InChI=1S/C15H15N/c1-2-7-14-11-16-15-8-4-3-6-13(15)10-9-12(14)5-1/h1-8,11,13,15H,9-10H2/p+1. The second-order valence-corrected chi connectivity index (χ2v) is 4.51. The number of nitrogens with one attached hydrogen (secondary N) is 1. The van der Waals surface area contributed by atoms with Gasteiger partial charge < -0.3 is 0 Å². The Hall–Kier alpha value is -1.63. The van der Waals surface area contributed by atoms with E-state index in [1.807, 2.05) is 0 Å². The third kappa shape index (κ3) is 1.73. The highest BCUT2D eigenvalue weighted by Crippen LogP contribution is 2.19. The highest BCUT2D eigenvalue weighted by molar-refractivity contribution is 5.77. The van der Waals surface area contributed by atoms with E-state index in [2.05, 4.69) is 59.8 Å². The zero-order valence-corrected chi connectivity index (χ0v) is 9.27. The second kappa shape index (κ2) is 4.09. The van der Waals surface area contributed by atoms with Gasteiger partial charge in [-0.1, -0.05) is 36.4 Å². The Morgan fingerprint density at radius 2 is 1.94 bits per heavy atom. The van der Waals surface area contributed by atoms with Crippen LogP contribution in [-0.4, -0.2) is 12.3 Å². The van der Waals surface area contributed by atoms with Crippen molar-refractivity contribution in [3.8, 4) is 0 Å². The molecule has 0 saturated heterocycles. The molecule has 0 aromatic heterocycles. The molecule has 0 fully saturated rings. The molecule has 2 aliphatic rings. The summed E-state index contributed by atoms with van der Waals surface area (Å²) in [6, 6.07) is 9.12. The van der Waals surface area contributed by atoms with E-state index in [1.165, 1.54) is 24.0 Å². The van der Waals surface area contributed by atoms with Gasteiger partial charge >= 0.3 is 0 Å². The maximum atomic E-state index is 3.52. The first-order valence-electron chi connectivity index (χ1n) is 5.96. The van der Waals surface area contributed by atoms with Crippen LogP contribution in [0.1, 0.15) is 17.5 Å². The fraction of sp³-hybridized carbons (Fsp3) is 0.267. The number of hydrogen-bond acceptors (Lipinski definition) is 0. The average molecular weight is 210 g/mol. The minimum absolute atomic E-state index is 0.471. The van der Waals surface area contributed by atoms with Crippen molar-refractivity contribution in [2.45, 2.75) is 18.9 Å². The molecule has 1 aromatic rings. The van der Waals surface area contributed by atoms with E-state index < -0.39 is 0 Å². The molecule has 16 heavy (non-hydrogen) atoms. The van der Waals surface area contributed by atoms with Crippen LogP contribution in [0, 0.1) is 5.92 Å². The van der Waals surface area contributed by atoms with E-state index >= 15 is 0 Å². The van der Waals surface area contributed by atoms with Crippen molar-refractivity contribution in [3.63, 3.8) is 0 Å². The van der Waals surface area contributed by atoms with Gasteiger partial charge in [-0.2, -0.15) is 0 Å². The topological polar surface area (TPSA) is 14.0 Å². The Bertz CT molecular complexity index is 468. The molecule has 1 heterocycles. The normalized spacial score (nSPS) is 26.8. The van der Waals surface area contributed by atoms with Crippen molar-refractivity contribution in [2.75, 3.05) is 0 Å². The Kier molecular flexibility index (Phi) is 2.45. The maximum absolute atomic E-state index is 3.52. The number of aryl methyl sites for hydroxylation is 1. The quantitative estimate of drug-likeness (QED) is 0.662. The van der Waals surface area contributed by atoms with Crippen LogP contribution < -0.4 is 4.99 Å². The Labute approximate surface area is 96.2 Å². The van der Waals surface area contributed by atoms with E-state index in [0.717, 1.165) is 0 Å². The molecule has 1 aromatic carbocycles. The fourth-order valence-electron chi connectivity index (χ4n) is 2.52. The van der Waals surface area contributed by atoms with Gasteiger partial charge in [-0.15, -0.1) is 0 Å². The van der Waals surface area contributed by atoms with Gasteiger partial charge in [-0.05, 0) is 30.5 Å². The largest absolute Gasteiger partial charge is 0.241 e. The number of hydrogen-bond donors (Lipinski definition) is 1. The predicted octanol–water partition coefficient (Wildman–Crippen LogP) is 1.24. The first-order valence-corrected chi connectivity index (χ1v) is 5.96. The van der Waals surface area contributed by atoms with Gasteiger partial charge in [-0.25, -0.2) is 4.99 Å². The van der Waals surface area contributed by atoms with Crippen LogP contribution in [0.4, 0.5) is 0 Å². The van der Waals surface area contributed by atoms with E-state index in [-0.39, 0.29) is 0 Å². The monoisotopic (exact) mass is 210 g/mol. The molecule has 1 heteroatoms. The lowest BCUT2D eigenvalue weighted by atomic mass is 9.87. The van der Waals surface area contributed by atoms with Gasteiger partial charge in [0.05, 0.1) is 0 Å². The van der Waals surface area contributed by atoms with Gasteiger partial charge in [0.2, 0.25) is 0 Å². The molecule has 1 nitrogen and oxygen atoms in total. The number of allylic oxidation sites excluding steroid dienone is 2. The molecule has 1 aliphatic heterocycles. The molecule has 0 amide bonds. The van der Waals surface area contributed by atoms with Gasteiger partial charge in [0.15, 0.2) is 12.3 Å².